The van der Waals surface area contributed by atoms with Crippen molar-refractivity contribution in [3.05, 3.63) is 0 Å². The van der Waals surface area contributed by atoms with E-state index in [4.69, 9.17) is 0 Å². The monoisotopic (exact) mass is 239 g/mol. The van der Waals surface area contributed by atoms with Gasteiger partial charge in [-0.2, -0.15) is 0 Å². The zero-order valence-corrected chi connectivity index (χ0v) is 10.9. The Balaban J connectivity index is 1.69. The van der Waals surface area contributed by atoms with Crippen molar-refractivity contribution in [2.45, 2.75) is 51.1 Å². The van der Waals surface area contributed by atoms with Gasteiger partial charge in [-0.25, -0.2) is 0 Å². The number of hydrogen-bond acceptors (Lipinski definition) is 3. The summed E-state index contributed by atoms with van der Waals surface area (Å²) < 4.78 is 0. The van der Waals surface area contributed by atoms with Crippen LogP contribution in [0.1, 0.15) is 39.0 Å². The summed E-state index contributed by atoms with van der Waals surface area (Å²) in [6.07, 6.45) is 5.41. The van der Waals surface area contributed by atoms with Gasteiger partial charge in [0.1, 0.15) is 0 Å². The summed E-state index contributed by atoms with van der Waals surface area (Å²) in [6.45, 7) is 6.45. The molecular formula is C13H25N3O. The number of rotatable bonds is 7. The van der Waals surface area contributed by atoms with E-state index in [-0.39, 0.29) is 5.91 Å². The highest BCUT2D eigenvalue weighted by Gasteiger charge is 2.25. The number of nitrogens with zero attached hydrogens (tertiary/aromatic N) is 1. The average molecular weight is 239 g/mol. The first-order chi connectivity index (χ1) is 8.29. The molecule has 1 aliphatic carbocycles. The summed E-state index contributed by atoms with van der Waals surface area (Å²) in [5.41, 5.74) is 0. The van der Waals surface area contributed by atoms with Crippen molar-refractivity contribution in [3.8, 4) is 0 Å². The van der Waals surface area contributed by atoms with Crippen molar-refractivity contribution in [2.75, 3.05) is 26.2 Å². The van der Waals surface area contributed by atoms with Gasteiger partial charge in [0.15, 0.2) is 0 Å². The second-order valence-corrected chi connectivity index (χ2v) is 5.27. The van der Waals surface area contributed by atoms with E-state index in [1.807, 2.05) is 0 Å². The summed E-state index contributed by atoms with van der Waals surface area (Å²) in [7, 11) is 0. The first-order valence-electron chi connectivity index (χ1n) is 7.03. The Morgan fingerprint density at radius 2 is 2.18 bits per heavy atom. The maximum absolute atomic E-state index is 11.7. The highest BCUT2D eigenvalue weighted by atomic mass is 16.1. The lowest BCUT2D eigenvalue weighted by atomic mass is 10.2. The molecule has 1 atom stereocenters. The molecule has 1 unspecified atom stereocenters. The van der Waals surface area contributed by atoms with Crippen LogP contribution in [0.3, 0.4) is 0 Å². The van der Waals surface area contributed by atoms with Crippen LogP contribution in [0.25, 0.3) is 0 Å². The van der Waals surface area contributed by atoms with Crippen LogP contribution in [0, 0.1) is 0 Å². The van der Waals surface area contributed by atoms with Crippen LogP contribution in [-0.4, -0.2) is 49.1 Å². The molecule has 1 amide bonds. The third-order valence-electron chi connectivity index (χ3n) is 3.63. The lowest BCUT2D eigenvalue weighted by Crippen LogP contribution is -2.40. The van der Waals surface area contributed by atoms with Gasteiger partial charge in [-0.05, 0) is 38.8 Å². The summed E-state index contributed by atoms with van der Waals surface area (Å²) in [5, 5.41) is 6.46. The van der Waals surface area contributed by atoms with E-state index in [2.05, 4.69) is 22.5 Å². The molecule has 2 aliphatic rings. The standard InChI is InChI=1S/C13H25N3O/c1-2-8-16(12-5-7-14-10-12)9-6-13(17)15-11-3-4-11/h11-12,14H,2-10H2,1H3,(H,15,17). The number of nitrogens with one attached hydrogen (secondary N) is 2. The molecule has 1 saturated heterocycles. The molecule has 0 spiro atoms. The molecule has 4 nitrogen and oxygen atoms in total. The lowest BCUT2D eigenvalue weighted by molar-refractivity contribution is -0.121. The fourth-order valence-electron chi connectivity index (χ4n) is 2.49. The minimum absolute atomic E-state index is 0.236. The topological polar surface area (TPSA) is 44.4 Å². The predicted octanol–water partition coefficient (Wildman–Crippen LogP) is 0.729. The highest BCUT2D eigenvalue weighted by Crippen LogP contribution is 2.18. The molecule has 0 radical (unpaired) electrons. The molecule has 1 saturated carbocycles. The van der Waals surface area contributed by atoms with Gasteiger partial charge in [-0.15, -0.1) is 0 Å². The summed E-state index contributed by atoms with van der Waals surface area (Å²) >= 11 is 0. The Bertz CT molecular complexity index is 247. The second kappa shape index (κ2) is 6.36. The van der Waals surface area contributed by atoms with Crippen LogP contribution in [0.4, 0.5) is 0 Å². The fourth-order valence-corrected chi connectivity index (χ4v) is 2.49. The predicted molar refractivity (Wildman–Crippen MR) is 68.9 cm³/mol. The van der Waals surface area contributed by atoms with E-state index < -0.39 is 0 Å². The molecule has 1 heterocycles. The summed E-state index contributed by atoms with van der Waals surface area (Å²) in [5.74, 6) is 0.236. The van der Waals surface area contributed by atoms with Crippen LogP contribution in [-0.2, 0) is 4.79 Å². The Morgan fingerprint density at radius 3 is 2.76 bits per heavy atom. The van der Waals surface area contributed by atoms with Crippen LogP contribution >= 0.6 is 0 Å². The van der Waals surface area contributed by atoms with Gasteiger partial charge in [0.05, 0.1) is 0 Å². The van der Waals surface area contributed by atoms with E-state index in [0.29, 0.717) is 18.5 Å². The van der Waals surface area contributed by atoms with Gasteiger partial charge in [0.25, 0.3) is 0 Å². The minimum atomic E-state index is 0.236. The molecule has 4 heteroatoms. The molecule has 2 fully saturated rings. The number of carbonyl (C=O) groups is 1. The molecule has 98 valence electrons. The number of hydrogen-bond donors (Lipinski definition) is 2. The Hall–Kier alpha value is -0.610. The molecule has 0 aromatic heterocycles. The summed E-state index contributed by atoms with van der Waals surface area (Å²) in [4.78, 5) is 14.1. The maximum atomic E-state index is 11.7. The van der Waals surface area contributed by atoms with Crippen LogP contribution in [0.5, 0.6) is 0 Å². The molecule has 2 rings (SSSR count). The van der Waals surface area contributed by atoms with E-state index >= 15 is 0 Å². The quantitative estimate of drug-likeness (QED) is 0.688. The number of carbonyl (C=O) groups excluding carboxylic acids is 1. The first-order valence-corrected chi connectivity index (χ1v) is 7.03. The van der Waals surface area contributed by atoms with Crippen molar-refractivity contribution < 1.29 is 4.79 Å². The molecule has 0 bridgehead atoms. The SMILES string of the molecule is CCCN(CCC(=O)NC1CC1)C1CCNC1. The van der Waals surface area contributed by atoms with Gasteiger partial charge >= 0.3 is 0 Å². The zero-order chi connectivity index (χ0) is 12.1. The van der Waals surface area contributed by atoms with E-state index in [9.17, 15) is 4.79 Å². The molecule has 2 N–H and O–H groups in total. The van der Waals surface area contributed by atoms with Crippen LogP contribution in [0.15, 0.2) is 0 Å². The third-order valence-corrected chi connectivity index (χ3v) is 3.63. The molecule has 17 heavy (non-hydrogen) atoms. The largest absolute Gasteiger partial charge is 0.353 e. The average Bonchev–Trinajstić information content (AvgIpc) is 2.96. The highest BCUT2D eigenvalue weighted by molar-refractivity contribution is 5.76. The van der Waals surface area contributed by atoms with Gasteiger partial charge < -0.3 is 10.6 Å². The van der Waals surface area contributed by atoms with Crippen LogP contribution in [0.2, 0.25) is 0 Å². The van der Waals surface area contributed by atoms with Crippen molar-refractivity contribution in [1.82, 2.24) is 15.5 Å². The van der Waals surface area contributed by atoms with Gasteiger partial charge in [-0.1, -0.05) is 6.92 Å². The Labute approximate surface area is 104 Å². The normalized spacial score (nSPS) is 24.2. The lowest BCUT2D eigenvalue weighted by Gasteiger charge is -2.27. The molecule has 1 aliphatic heterocycles. The van der Waals surface area contributed by atoms with Crippen molar-refractivity contribution in [1.29, 1.82) is 0 Å². The van der Waals surface area contributed by atoms with E-state index in [1.165, 1.54) is 25.7 Å². The Morgan fingerprint density at radius 1 is 1.35 bits per heavy atom. The van der Waals surface area contributed by atoms with Crippen molar-refractivity contribution in [3.63, 3.8) is 0 Å². The van der Waals surface area contributed by atoms with Gasteiger partial charge in [0.2, 0.25) is 5.91 Å². The zero-order valence-electron chi connectivity index (χ0n) is 10.9. The smallest absolute Gasteiger partial charge is 0.221 e. The van der Waals surface area contributed by atoms with Crippen molar-refractivity contribution >= 4 is 5.91 Å². The van der Waals surface area contributed by atoms with Crippen molar-refractivity contribution in [2.24, 2.45) is 0 Å². The summed E-state index contributed by atoms with van der Waals surface area (Å²) in [6, 6.07) is 1.14. The molecular weight excluding hydrogens is 214 g/mol. The van der Waals surface area contributed by atoms with E-state index in [0.717, 1.165) is 26.2 Å². The van der Waals surface area contributed by atoms with Crippen LogP contribution < -0.4 is 10.6 Å². The maximum Gasteiger partial charge on any atom is 0.221 e. The second-order valence-electron chi connectivity index (χ2n) is 5.27. The minimum Gasteiger partial charge on any atom is -0.353 e. The fraction of sp³-hybridized carbons (Fsp3) is 0.923. The van der Waals surface area contributed by atoms with Gasteiger partial charge in [-0.3, -0.25) is 9.69 Å². The Kier molecular flexibility index (Phi) is 4.80. The van der Waals surface area contributed by atoms with Gasteiger partial charge in [0, 0.05) is 31.6 Å². The molecule has 0 aromatic carbocycles. The molecule has 0 aromatic rings. The third kappa shape index (κ3) is 4.28. The van der Waals surface area contributed by atoms with E-state index in [1.54, 1.807) is 0 Å². The number of amides is 1. The first kappa shape index (κ1) is 12.8.